The molecule has 1 aromatic heterocycles. The Balaban J connectivity index is 1.52. The van der Waals surface area contributed by atoms with Crippen LogP contribution in [0.5, 0.6) is 0 Å². The summed E-state index contributed by atoms with van der Waals surface area (Å²) in [6, 6.07) is 12.9. The number of aliphatic hydroxyl groups is 1. The van der Waals surface area contributed by atoms with Crippen molar-refractivity contribution in [2.24, 2.45) is 0 Å². The maximum atomic E-state index is 13.0. The van der Waals surface area contributed by atoms with Crippen molar-refractivity contribution in [2.45, 2.75) is 44.2 Å². The molecule has 2 fully saturated rings. The molecule has 1 N–H and O–H groups in total. The molecule has 158 valence electrons. The van der Waals surface area contributed by atoms with Gasteiger partial charge in [0.1, 0.15) is 0 Å². The first kappa shape index (κ1) is 20.8. The molecule has 2 aromatic rings. The minimum atomic E-state index is 0.137. The Kier molecular flexibility index (Phi) is 6.60. The maximum absolute atomic E-state index is 13.0. The van der Waals surface area contributed by atoms with Crippen LogP contribution in [0.2, 0.25) is 0 Å². The van der Waals surface area contributed by atoms with Crippen molar-refractivity contribution >= 4 is 12.0 Å². The number of nitrogens with zero attached hydrogens (tertiary/aromatic N) is 3. The van der Waals surface area contributed by atoms with E-state index < -0.39 is 0 Å². The number of allylic oxidation sites excluding steroid dienone is 1. The third-order valence-corrected chi connectivity index (χ3v) is 6.51. The summed E-state index contributed by atoms with van der Waals surface area (Å²) in [6.45, 7) is 4.70. The van der Waals surface area contributed by atoms with Gasteiger partial charge in [-0.3, -0.25) is 14.7 Å². The lowest BCUT2D eigenvalue weighted by Crippen LogP contribution is -2.68. The van der Waals surface area contributed by atoms with E-state index in [9.17, 15) is 9.90 Å². The third kappa shape index (κ3) is 4.32. The second kappa shape index (κ2) is 9.54. The van der Waals surface area contributed by atoms with Crippen LogP contribution >= 0.6 is 0 Å². The molecular weight excluding hydrogens is 374 g/mol. The van der Waals surface area contributed by atoms with Gasteiger partial charge in [0.2, 0.25) is 5.91 Å². The van der Waals surface area contributed by atoms with Crippen LogP contribution in [-0.2, 0) is 11.2 Å². The molecule has 1 aromatic carbocycles. The molecular formula is C25H31N3O2. The summed E-state index contributed by atoms with van der Waals surface area (Å²) in [5.41, 5.74) is 3.45. The number of pyridine rings is 1. The molecule has 5 heteroatoms. The summed E-state index contributed by atoms with van der Waals surface area (Å²) in [7, 11) is 0. The molecule has 0 bridgehead atoms. The number of amides is 1. The molecule has 3 heterocycles. The first-order chi connectivity index (χ1) is 14.7. The highest BCUT2D eigenvalue weighted by Gasteiger charge is 2.49. The van der Waals surface area contributed by atoms with Crippen LogP contribution in [0.25, 0.3) is 6.08 Å². The Morgan fingerprint density at radius 1 is 1.13 bits per heavy atom. The summed E-state index contributed by atoms with van der Waals surface area (Å²) in [5.74, 6) is 0.432. The van der Waals surface area contributed by atoms with Crippen molar-refractivity contribution < 1.29 is 9.90 Å². The normalized spacial score (nSPS) is 24.7. The minimum Gasteiger partial charge on any atom is -0.395 e. The monoisotopic (exact) mass is 405 g/mol. The van der Waals surface area contributed by atoms with Crippen molar-refractivity contribution in [3.63, 3.8) is 0 Å². The maximum Gasteiger partial charge on any atom is 0.227 e. The fourth-order valence-corrected chi connectivity index (χ4v) is 4.98. The molecule has 2 aliphatic heterocycles. The summed E-state index contributed by atoms with van der Waals surface area (Å²) < 4.78 is 0. The van der Waals surface area contributed by atoms with Crippen molar-refractivity contribution in [3.8, 4) is 0 Å². The molecule has 0 spiro atoms. The smallest absolute Gasteiger partial charge is 0.227 e. The van der Waals surface area contributed by atoms with Gasteiger partial charge in [0, 0.05) is 43.5 Å². The van der Waals surface area contributed by atoms with Crippen LogP contribution in [-0.4, -0.2) is 64.1 Å². The zero-order valence-electron chi connectivity index (χ0n) is 17.7. The highest BCUT2D eigenvalue weighted by molar-refractivity contribution is 5.78. The lowest BCUT2D eigenvalue weighted by atomic mass is 9.74. The number of aliphatic hydroxyl groups excluding tert-OH is 1. The van der Waals surface area contributed by atoms with Crippen LogP contribution in [0.4, 0.5) is 0 Å². The Morgan fingerprint density at radius 2 is 1.87 bits per heavy atom. The van der Waals surface area contributed by atoms with E-state index >= 15 is 0 Å². The van der Waals surface area contributed by atoms with Gasteiger partial charge in [0.05, 0.1) is 13.0 Å². The fourth-order valence-electron chi connectivity index (χ4n) is 4.98. The largest absolute Gasteiger partial charge is 0.395 e. The van der Waals surface area contributed by atoms with Gasteiger partial charge in [-0.2, -0.15) is 0 Å². The van der Waals surface area contributed by atoms with Gasteiger partial charge in [-0.25, -0.2) is 0 Å². The second-order valence-electron chi connectivity index (χ2n) is 8.33. The van der Waals surface area contributed by atoms with Crippen LogP contribution in [0, 0.1) is 0 Å². The Morgan fingerprint density at radius 3 is 2.57 bits per heavy atom. The highest BCUT2D eigenvalue weighted by Crippen LogP contribution is 2.42. The van der Waals surface area contributed by atoms with Crippen molar-refractivity contribution in [1.82, 2.24) is 14.8 Å². The Labute approximate surface area is 179 Å². The number of fused-ring (bicyclic) bond motifs is 1. The zero-order valence-corrected chi connectivity index (χ0v) is 17.7. The van der Waals surface area contributed by atoms with Crippen LogP contribution < -0.4 is 0 Å². The van der Waals surface area contributed by atoms with E-state index in [0.29, 0.717) is 6.42 Å². The molecule has 1 amide bonds. The Hall–Kier alpha value is -2.50. The second-order valence-corrected chi connectivity index (χ2v) is 8.33. The van der Waals surface area contributed by atoms with E-state index in [1.807, 2.05) is 30.0 Å². The quantitative estimate of drug-likeness (QED) is 0.831. The minimum absolute atomic E-state index is 0.137. The number of rotatable bonds is 5. The summed E-state index contributed by atoms with van der Waals surface area (Å²) in [5, 5.41) is 10.1. The number of aromatic nitrogens is 1. The van der Waals surface area contributed by atoms with Crippen LogP contribution in [0.15, 0.2) is 54.9 Å². The van der Waals surface area contributed by atoms with Gasteiger partial charge in [-0.1, -0.05) is 36.4 Å². The van der Waals surface area contributed by atoms with Gasteiger partial charge in [-0.05, 0) is 55.1 Å². The third-order valence-electron chi connectivity index (χ3n) is 6.51. The molecule has 30 heavy (non-hydrogen) atoms. The lowest BCUT2D eigenvalue weighted by molar-refractivity contribution is -0.135. The van der Waals surface area contributed by atoms with E-state index in [1.165, 1.54) is 11.1 Å². The van der Waals surface area contributed by atoms with Crippen LogP contribution in [0.1, 0.15) is 42.4 Å². The van der Waals surface area contributed by atoms with E-state index in [0.717, 1.165) is 38.0 Å². The average Bonchev–Trinajstić information content (AvgIpc) is 2.74. The molecule has 5 nitrogen and oxygen atoms in total. The molecule has 0 saturated carbocycles. The van der Waals surface area contributed by atoms with E-state index in [1.54, 1.807) is 12.4 Å². The van der Waals surface area contributed by atoms with Crippen molar-refractivity contribution in [2.75, 3.05) is 26.2 Å². The lowest BCUT2D eigenvalue weighted by Gasteiger charge is -2.57. The number of hydrogen-bond acceptors (Lipinski definition) is 4. The predicted molar refractivity (Wildman–Crippen MR) is 119 cm³/mol. The Bertz CT molecular complexity index is 866. The van der Waals surface area contributed by atoms with E-state index in [-0.39, 0.29) is 30.5 Å². The summed E-state index contributed by atoms with van der Waals surface area (Å²) in [4.78, 5) is 21.5. The molecule has 4 rings (SSSR count). The summed E-state index contributed by atoms with van der Waals surface area (Å²) in [6.07, 6.45) is 10.1. The van der Waals surface area contributed by atoms with Gasteiger partial charge < -0.3 is 10.0 Å². The van der Waals surface area contributed by atoms with Crippen molar-refractivity contribution in [3.05, 3.63) is 71.6 Å². The molecule has 0 radical (unpaired) electrons. The van der Waals surface area contributed by atoms with Gasteiger partial charge in [0.25, 0.3) is 0 Å². The summed E-state index contributed by atoms with van der Waals surface area (Å²) >= 11 is 0. The van der Waals surface area contributed by atoms with Crippen molar-refractivity contribution in [1.29, 1.82) is 0 Å². The molecule has 0 aliphatic carbocycles. The first-order valence-electron chi connectivity index (χ1n) is 11.0. The predicted octanol–water partition coefficient (Wildman–Crippen LogP) is 3.11. The first-order valence-corrected chi connectivity index (χ1v) is 11.0. The SMILES string of the molecule is C/C=C/c1ccc([C@@H]2[C@@H](CO)N3CCCCN(C(=O)Cc4ccncc4)C[C@H]23)cc1. The van der Waals surface area contributed by atoms with E-state index in [4.69, 9.17) is 0 Å². The number of benzene rings is 1. The number of carbonyl (C=O) groups excluding carboxylic acids is 1. The zero-order chi connectivity index (χ0) is 20.9. The van der Waals surface area contributed by atoms with E-state index in [2.05, 4.69) is 40.2 Å². The van der Waals surface area contributed by atoms with Gasteiger partial charge >= 0.3 is 0 Å². The molecule has 2 saturated heterocycles. The highest BCUT2D eigenvalue weighted by atomic mass is 16.3. The number of carbonyl (C=O) groups is 1. The van der Waals surface area contributed by atoms with Gasteiger partial charge in [0.15, 0.2) is 0 Å². The van der Waals surface area contributed by atoms with Gasteiger partial charge in [-0.15, -0.1) is 0 Å². The molecule has 0 unspecified atom stereocenters. The number of hydrogen-bond donors (Lipinski definition) is 1. The molecule has 3 atom stereocenters. The van der Waals surface area contributed by atoms with Crippen LogP contribution in [0.3, 0.4) is 0 Å². The topological polar surface area (TPSA) is 56.7 Å². The standard InChI is InChI=1S/C25H31N3O2/c1-2-5-19-6-8-21(9-7-19)25-22-17-27(14-3-4-15-28(22)23(25)18-29)24(30)16-20-10-12-26-13-11-20/h2,5-13,22-23,25,29H,3-4,14-18H2,1H3/b5-2+/t22-,23-,25+/m1/s1. The fraction of sp³-hybridized carbons (Fsp3) is 0.440. The molecule has 2 aliphatic rings. The average molecular weight is 406 g/mol.